The lowest BCUT2D eigenvalue weighted by atomic mass is 9.96. The van der Waals surface area contributed by atoms with E-state index in [1.54, 1.807) is 0 Å². The zero-order valence-corrected chi connectivity index (χ0v) is 20.9. The van der Waals surface area contributed by atoms with Crippen molar-refractivity contribution in [3.8, 4) is 0 Å². The number of carboxylic acid groups (broad SMARTS) is 1. The van der Waals surface area contributed by atoms with Crippen LogP contribution in [0.2, 0.25) is 0 Å². The van der Waals surface area contributed by atoms with Gasteiger partial charge in [-0.1, -0.05) is 5.16 Å². The maximum Gasteiger partial charge on any atom is 0.404 e. The Balaban J connectivity index is 1.29. The van der Waals surface area contributed by atoms with E-state index in [-0.39, 0.29) is 17.6 Å². The van der Waals surface area contributed by atoms with Crippen molar-refractivity contribution in [2.75, 3.05) is 31.1 Å². The quantitative estimate of drug-likeness (QED) is 0.438. The van der Waals surface area contributed by atoms with E-state index in [2.05, 4.69) is 43.1 Å². The summed E-state index contributed by atoms with van der Waals surface area (Å²) in [7, 11) is 0. The highest BCUT2D eigenvalue weighted by Gasteiger charge is 2.68. The van der Waals surface area contributed by atoms with E-state index < -0.39 is 6.09 Å². The number of carbonyl (C=O) groups is 1. The van der Waals surface area contributed by atoms with Gasteiger partial charge in [-0.2, -0.15) is 5.10 Å². The van der Waals surface area contributed by atoms with Crippen molar-refractivity contribution in [3.05, 3.63) is 27.4 Å². The fourth-order valence-electron chi connectivity index (χ4n) is 5.86. The molecule has 180 valence electrons. The van der Waals surface area contributed by atoms with Crippen LogP contribution in [-0.2, 0) is 10.2 Å². The zero-order chi connectivity index (χ0) is 23.4. The van der Waals surface area contributed by atoms with Crippen LogP contribution in [0.1, 0.15) is 43.4 Å². The van der Waals surface area contributed by atoms with Crippen LogP contribution in [0.3, 0.4) is 0 Å². The summed E-state index contributed by atoms with van der Waals surface area (Å²) in [6, 6.07) is 1.93. The second kappa shape index (κ2) is 8.33. The number of hydrogen-bond donors (Lipinski definition) is 2. The molecule has 3 aliphatic rings. The van der Waals surface area contributed by atoms with Gasteiger partial charge in [-0.15, -0.1) is 0 Å². The van der Waals surface area contributed by atoms with E-state index >= 15 is 0 Å². The van der Waals surface area contributed by atoms with Crippen molar-refractivity contribution in [2.45, 2.75) is 44.2 Å². The van der Waals surface area contributed by atoms with Gasteiger partial charge < -0.3 is 24.6 Å². The Morgan fingerprint density at radius 1 is 1.35 bits per heavy atom. The Bertz CT molecular complexity index is 1240. The third-order valence-electron chi connectivity index (χ3n) is 7.57. The molecule has 0 radical (unpaired) electrons. The van der Waals surface area contributed by atoms with Crippen molar-refractivity contribution in [1.29, 1.82) is 0 Å². The number of halogens is 1. The summed E-state index contributed by atoms with van der Waals surface area (Å²) in [5.74, 6) is 2.14. The lowest BCUT2D eigenvalue weighted by Gasteiger charge is -2.27. The molecule has 2 aliphatic heterocycles. The first-order valence-corrected chi connectivity index (χ1v) is 12.7. The van der Waals surface area contributed by atoms with Crippen LogP contribution < -0.4 is 10.2 Å². The maximum atomic E-state index is 11.3. The molecule has 0 bridgehead atoms. The number of hydrogen-bond acceptors (Lipinski definition) is 8. The van der Waals surface area contributed by atoms with Crippen molar-refractivity contribution < 1.29 is 19.2 Å². The number of fused-ring (bicyclic) bond motifs is 2. The van der Waals surface area contributed by atoms with Crippen molar-refractivity contribution in [1.82, 2.24) is 30.2 Å². The maximum absolute atomic E-state index is 11.3. The fourth-order valence-corrected chi connectivity index (χ4v) is 6.47. The van der Waals surface area contributed by atoms with Gasteiger partial charge in [-0.05, 0) is 67.0 Å². The van der Waals surface area contributed by atoms with Crippen LogP contribution in [0.4, 0.5) is 10.6 Å². The van der Waals surface area contributed by atoms with Crippen LogP contribution >= 0.6 is 22.6 Å². The van der Waals surface area contributed by atoms with E-state index in [9.17, 15) is 9.90 Å². The predicted molar refractivity (Wildman–Crippen MR) is 130 cm³/mol. The standard InChI is InChI=1S/C22H26IN7O4/c1-12-8-15(28-34-12)22(11-25-21(31)32)13-5-6-29(10-14(13)22)16-9-24-18-19(23)27-30(20(18)26-16)17-4-2-3-7-33-17/h8-9,13-14,17,25H,2-7,10-11H2,1H3,(H,31,32)/t13-,14+,17?,22+/m1/s1. The topological polar surface area (TPSA) is 131 Å². The molecule has 6 rings (SSSR count). The van der Waals surface area contributed by atoms with Crippen molar-refractivity contribution in [2.24, 2.45) is 11.8 Å². The lowest BCUT2D eigenvalue weighted by molar-refractivity contribution is -0.0372. The molecule has 0 aromatic carbocycles. The summed E-state index contributed by atoms with van der Waals surface area (Å²) < 4.78 is 14.0. The Labute approximate surface area is 209 Å². The van der Waals surface area contributed by atoms with Crippen LogP contribution in [0.25, 0.3) is 11.2 Å². The van der Waals surface area contributed by atoms with Gasteiger partial charge in [0.15, 0.2) is 15.6 Å². The van der Waals surface area contributed by atoms with Gasteiger partial charge in [0, 0.05) is 37.7 Å². The molecule has 3 fully saturated rings. The van der Waals surface area contributed by atoms with Crippen molar-refractivity contribution in [3.63, 3.8) is 0 Å². The van der Waals surface area contributed by atoms with E-state index in [4.69, 9.17) is 19.2 Å². The highest BCUT2D eigenvalue weighted by Crippen LogP contribution is 2.63. The Kier molecular flexibility index (Phi) is 5.39. The molecule has 3 aromatic rings. The number of aromatic nitrogens is 5. The number of aryl methyl sites for hydroxylation is 1. The summed E-state index contributed by atoms with van der Waals surface area (Å²) >= 11 is 2.20. The summed E-state index contributed by atoms with van der Waals surface area (Å²) in [6.07, 6.45) is 4.71. The number of ether oxygens (including phenoxy) is 1. The fraction of sp³-hybridized carbons (Fsp3) is 0.591. The average Bonchev–Trinajstić information content (AvgIpc) is 3.08. The minimum atomic E-state index is -1.02. The summed E-state index contributed by atoms with van der Waals surface area (Å²) in [4.78, 5) is 23.2. The summed E-state index contributed by atoms with van der Waals surface area (Å²) in [6.45, 7) is 4.49. The Morgan fingerprint density at radius 3 is 2.97 bits per heavy atom. The largest absolute Gasteiger partial charge is 0.465 e. The first kappa shape index (κ1) is 22.0. The van der Waals surface area contributed by atoms with Gasteiger partial charge >= 0.3 is 6.09 Å². The number of anilines is 1. The van der Waals surface area contributed by atoms with E-state index in [0.717, 1.165) is 77.5 Å². The third kappa shape index (κ3) is 3.53. The molecular weight excluding hydrogens is 553 g/mol. The van der Waals surface area contributed by atoms with Gasteiger partial charge in [-0.3, -0.25) is 0 Å². The predicted octanol–water partition coefficient (Wildman–Crippen LogP) is 3.09. The number of amides is 1. The molecule has 34 heavy (non-hydrogen) atoms. The second-order valence-corrected chi connectivity index (χ2v) is 10.4. The van der Waals surface area contributed by atoms with Gasteiger partial charge in [-0.25, -0.2) is 19.4 Å². The molecule has 1 amide bonds. The van der Waals surface area contributed by atoms with Crippen LogP contribution in [0, 0.1) is 22.5 Å². The molecule has 12 heteroatoms. The molecule has 0 spiro atoms. The van der Waals surface area contributed by atoms with Gasteiger partial charge in [0.05, 0.1) is 11.9 Å². The number of nitrogens with zero attached hydrogens (tertiary/aromatic N) is 6. The zero-order valence-electron chi connectivity index (χ0n) is 18.8. The molecule has 1 unspecified atom stereocenters. The van der Waals surface area contributed by atoms with Crippen LogP contribution in [-0.4, -0.2) is 62.3 Å². The molecule has 2 N–H and O–H groups in total. The minimum Gasteiger partial charge on any atom is -0.465 e. The van der Waals surface area contributed by atoms with Gasteiger partial charge in [0.1, 0.15) is 17.1 Å². The SMILES string of the molecule is Cc1cc([C@@]2(CNC(=O)O)[C@@H]3CCN(c4cnc5c(I)nn(C6CCCCO6)c5n4)C[C@@H]32)no1. The number of piperidine rings is 1. The van der Waals surface area contributed by atoms with Gasteiger partial charge in [0.25, 0.3) is 0 Å². The smallest absolute Gasteiger partial charge is 0.404 e. The summed E-state index contributed by atoms with van der Waals surface area (Å²) in [5.41, 5.74) is 2.02. The first-order chi connectivity index (χ1) is 16.5. The van der Waals surface area contributed by atoms with E-state index in [1.807, 2.05) is 23.9 Å². The molecule has 5 heterocycles. The van der Waals surface area contributed by atoms with Crippen LogP contribution in [0.15, 0.2) is 16.8 Å². The normalized spacial score (nSPS) is 28.6. The second-order valence-electron chi connectivity index (χ2n) is 9.43. The molecular formula is C22H26IN7O4. The number of nitrogens with one attached hydrogen (secondary N) is 1. The lowest BCUT2D eigenvalue weighted by Crippen LogP contribution is -2.35. The van der Waals surface area contributed by atoms with E-state index in [1.165, 1.54) is 0 Å². The highest BCUT2D eigenvalue weighted by molar-refractivity contribution is 14.1. The third-order valence-corrected chi connectivity index (χ3v) is 8.29. The van der Waals surface area contributed by atoms with Crippen LogP contribution in [0.5, 0.6) is 0 Å². The molecule has 11 nitrogen and oxygen atoms in total. The monoisotopic (exact) mass is 579 g/mol. The van der Waals surface area contributed by atoms with E-state index in [0.29, 0.717) is 12.5 Å². The molecule has 1 aliphatic carbocycles. The number of rotatable bonds is 5. The minimum absolute atomic E-state index is 0.108. The molecule has 3 aromatic heterocycles. The Morgan fingerprint density at radius 2 is 2.24 bits per heavy atom. The average molecular weight is 579 g/mol. The molecule has 1 saturated carbocycles. The Hall–Kier alpha value is -2.48. The molecule has 4 atom stereocenters. The summed E-state index contributed by atoms with van der Waals surface area (Å²) in [5, 5.41) is 20.8. The molecule has 2 saturated heterocycles. The van der Waals surface area contributed by atoms with Gasteiger partial charge in [0.2, 0.25) is 0 Å². The highest BCUT2D eigenvalue weighted by atomic mass is 127. The first-order valence-electron chi connectivity index (χ1n) is 11.7. The van der Waals surface area contributed by atoms with Crippen molar-refractivity contribution >= 4 is 45.7 Å².